The number of rotatable bonds is 5. The molecule has 7 nitrogen and oxygen atoms in total. The van der Waals surface area contributed by atoms with Crippen LogP contribution in [0.15, 0.2) is 66.9 Å². The van der Waals surface area contributed by atoms with Gasteiger partial charge in [0.15, 0.2) is 5.82 Å². The first-order chi connectivity index (χ1) is 15.9. The number of carbonyl (C=O) groups is 1. The standard InChI is InChI=1S/C23H14Cl2FN5O2/c24-16-5-4-14(18(25)11-16)12-30-20(6-7-27-30)15-9-19(26)22-21(10-15)31(29-28-22)17-3-1-2-13(8-17)23(32)33/h1-11H,12H2,(H,32,33). The van der Waals surface area contributed by atoms with Crippen molar-refractivity contribution in [1.82, 2.24) is 24.8 Å². The molecule has 2 heterocycles. The molecule has 0 saturated carbocycles. The molecular weight excluding hydrogens is 468 g/mol. The number of benzene rings is 3. The monoisotopic (exact) mass is 481 g/mol. The maximum Gasteiger partial charge on any atom is 0.335 e. The summed E-state index contributed by atoms with van der Waals surface area (Å²) in [5.74, 6) is -1.63. The molecule has 2 aromatic heterocycles. The lowest BCUT2D eigenvalue weighted by Gasteiger charge is -2.10. The summed E-state index contributed by atoms with van der Waals surface area (Å²) in [6, 6.07) is 16.3. The third-order valence-corrected chi connectivity index (χ3v) is 5.78. The molecule has 0 fully saturated rings. The molecule has 0 radical (unpaired) electrons. The molecular formula is C23H14Cl2FN5O2. The van der Waals surface area contributed by atoms with E-state index in [1.165, 1.54) is 22.9 Å². The minimum Gasteiger partial charge on any atom is -0.478 e. The highest BCUT2D eigenvalue weighted by molar-refractivity contribution is 6.35. The molecule has 0 aliphatic rings. The van der Waals surface area contributed by atoms with Crippen LogP contribution < -0.4 is 0 Å². The van der Waals surface area contributed by atoms with Crippen LogP contribution in [0.4, 0.5) is 4.39 Å². The van der Waals surface area contributed by atoms with Crippen LogP contribution in [0.1, 0.15) is 15.9 Å². The molecule has 0 amide bonds. The molecule has 0 unspecified atom stereocenters. The van der Waals surface area contributed by atoms with Crippen molar-refractivity contribution in [1.29, 1.82) is 0 Å². The topological polar surface area (TPSA) is 85.8 Å². The van der Waals surface area contributed by atoms with Gasteiger partial charge in [0.25, 0.3) is 0 Å². The Hall–Kier alpha value is -3.75. The van der Waals surface area contributed by atoms with Gasteiger partial charge in [-0.1, -0.05) is 40.5 Å². The maximum absolute atomic E-state index is 15.0. The molecule has 0 aliphatic heterocycles. The normalized spacial score (nSPS) is 11.2. The smallest absolute Gasteiger partial charge is 0.335 e. The van der Waals surface area contributed by atoms with E-state index >= 15 is 0 Å². The Morgan fingerprint density at radius 2 is 1.91 bits per heavy atom. The predicted molar refractivity (Wildman–Crippen MR) is 123 cm³/mol. The predicted octanol–water partition coefficient (Wildman–Crippen LogP) is 5.48. The van der Waals surface area contributed by atoms with E-state index in [2.05, 4.69) is 15.4 Å². The lowest BCUT2D eigenvalue weighted by Crippen LogP contribution is -2.05. The Kier molecular flexibility index (Phi) is 5.32. The van der Waals surface area contributed by atoms with Gasteiger partial charge in [-0.25, -0.2) is 13.9 Å². The van der Waals surface area contributed by atoms with Crippen molar-refractivity contribution in [2.45, 2.75) is 6.54 Å². The molecule has 5 aromatic rings. The second-order valence-corrected chi connectivity index (χ2v) is 8.14. The molecule has 0 spiro atoms. The minimum absolute atomic E-state index is 0.0753. The van der Waals surface area contributed by atoms with Gasteiger partial charge in [-0.05, 0) is 54.1 Å². The first-order valence-electron chi connectivity index (χ1n) is 9.75. The summed E-state index contributed by atoms with van der Waals surface area (Å²) in [5, 5.41) is 22.7. The zero-order valence-electron chi connectivity index (χ0n) is 16.8. The Morgan fingerprint density at radius 3 is 2.70 bits per heavy atom. The van der Waals surface area contributed by atoms with Crippen LogP contribution >= 0.6 is 23.2 Å². The van der Waals surface area contributed by atoms with Crippen LogP contribution in [0.5, 0.6) is 0 Å². The lowest BCUT2D eigenvalue weighted by atomic mass is 10.1. The van der Waals surface area contributed by atoms with Crippen molar-refractivity contribution in [3.8, 4) is 16.9 Å². The van der Waals surface area contributed by atoms with Crippen LogP contribution in [0.2, 0.25) is 10.0 Å². The summed E-state index contributed by atoms with van der Waals surface area (Å²) in [4.78, 5) is 11.3. The second-order valence-electron chi connectivity index (χ2n) is 7.29. The largest absolute Gasteiger partial charge is 0.478 e. The van der Waals surface area contributed by atoms with Gasteiger partial charge in [0.05, 0.1) is 29.0 Å². The SMILES string of the molecule is O=C(O)c1cccc(-n2nnc3c(F)cc(-c4ccnn4Cc4ccc(Cl)cc4Cl)cc32)c1. The number of hydrogen-bond acceptors (Lipinski definition) is 4. The van der Waals surface area contributed by atoms with Crippen LogP contribution in [-0.4, -0.2) is 35.9 Å². The molecule has 164 valence electrons. The van der Waals surface area contributed by atoms with E-state index in [1.807, 2.05) is 6.07 Å². The third-order valence-electron chi connectivity index (χ3n) is 5.19. The summed E-state index contributed by atoms with van der Waals surface area (Å²) in [7, 11) is 0. The van der Waals surface area contributed by atoms with Crippen molar-refractivity contribution in [3.63, 3.8) is 0 Å². The second kappa shape index (κ2) is 8.31. The minimum atomic E-state index is -1.07. The molecule has 3 aromatic carbocycles. The molecule has 0 bridgehead atoms. The number of aromatic nitrogens is 5. The van der Waals surface area contributed by atoms with Crippen LogP contribution in [0, 0.1) is 5.82 Å². The van der Waals surface area contributed by atoms with Crippen LogP contribution in [0.3, 0.4) is 0 Å². The maximum atomic E-state index is 15.0. The highest BCUT2D eigenvalue weighted by atomic mass is 35.5. The zero-order chi connectivity index (χ0) is 23.1. The summed E-state index contributed by atoms with van der Waals surface area (Å²) in [6.07, 6.45) is 1.62. The van der Waals surface area contributed by atoms with Crippen molar-refractivity contribution in [2.75, 3.05) is 0 Å². The third kappa shape index (κ3) is 3.94. The molecule has 10 heteroatoms. The number of carboxylic acids is 1. The average Bonchev–Trinajstić information content (AvgIpc) is 3.43. The van der Waals surface area contributed by atoms with E-state index in [4.69, 9.17) is 23.2 Å². The van der Waals surface area contributed by atoms with Gasteiger partial charge in [0.1, 0.15) is 5.52 Å². The summed E-state index contributed by atoms with van der Waals surface area (Å²) in [6.45, 7) is 0.357. The summed E-state index contributed by atoms with van der Waals surface area (Å²) in [5.41, 5.74) is 3.04. The van der Waals surface area contributed by atoms with E-state index in [0.29, 0.717) is 39.1 Å². The van der Waals surface area contributed by atoms with Crippen molar-refractivity contribution >= 4 is 40.2 Å². The Morgan fingerprint density at radius 1 is 1.06 bits per heavy atom. The van der Waals surface area contributed by atoms with E-state index in [0.717, 1.165) is 5.56 Å². The van der Waals surface area contributed by atoms with Gasteiger partial charge in [0.2, 0.25) is 0 Å². The fourth-order valence-electron chi connectivity index (χ4n) is 3.61. The average molecular weight is 482 g/mol. The van der Waals surface area contributed by atoms with Gasteiger partial charge in [-0.2, -0.15) is 5.10 Å². The van der Waals surface area contributed by atoms with E-state index in [1.54, 1.807) is 47.3 Å². The molecule has 5 rings (SSSR count). The van der Waals surface area contributed by atoms with Gasteiger partial charge in [0, 0.05) is 21.8 Å². The van der Waals surface area contributed by atoms with Crippen molar-refractivity contribution < 1.29 is 14.3 Å². The fourth-order valence-corrected chi connectivity index (χ4v) is 4.08. The van der Waals surface area contributed by atoms with Crippen LogP contribution in [-0.2, 0) is 6.54 Å². The van der Waals surface area contributed by atoms with Gasteiger partial charge >= 0.3 is 5.97 Å². The first-order valence-corrected chi connectivity index (χ1v) is 10.5. The number of carboxylic acid groups (broad SMARTS) is 1. The number of hydrogen-bond donors (Lipinski definition) is 1. The quantitative estimate of drug-likeness (QED) is 0.359. The van der Waals surface area contributed by atoms with E-state index < -0.39 is 11.8 Å². The molecule has 33 heavy (non-hydrogen) atoms. The Balaban J connectivity index is 1.60. The van der Waals surface area contributed by atoms with Crippen molar-refractivity contribution in [3.05, 3.63) is 93.8 Å². The van der Waals surface area contributed by atoms with Crippen molar-refractivity contribution in [2.24, 2.45) is 0 Å². The number of fused-ring (bicyclic) bond motifs is 1. The highest BCUT2D eigenvalue weighted by Crippen LogP contribution is 2.29. The zero-order valence-corrected chi connectivity index (χ0v) is 18.3. The number of halogens is 3. The molecule has 1 N–H and O–H groups in total. The van der Waals surface area contributed by atoms with E-state index in [9.17, 15) is 14.3 Å². The lowest BCUT2D eigenvalue weighted by molar-refractivity contribution is 0.0697. The Bertz CT molecular complexity index is 1530. The summed E-state index contributed by atoms with van der Waals surface area (Å²) < 4.78 is 18.1. The Labute approximate surface area is 196 Å². The first kappa shape index (κ1) is 21.1. The van der Waals surface area contributed by atoms with E-state index in [-0.39, 0.29) is 11.1 Å². The van der Waals surface area contributed by atoms with Gasteiger partial charge < -0.3 is 5.11 Å². The van der Waals surface area contributed by atoms with Gasteiger partial charge in [-0.3, -0.25) is 4.68 Å². The molecule has 0 saturated heterocycles. The van der Waals surface area contributed by atoms with Crippen LogP contribution in [0.25, 0.3) is 28.0 Å². The highest BCUT2D eigenvalue weighted by Gasteiger charge is 2.17. The number of aromatic carboxylic acids is 1. The molecule has 0 aliphatic carbocycles. The number of nitrogens with zero attached hydrogens (tertiary/aromatic N) is 5. The fraction of sp³-hybridized carbons (Fsp3) is 0.0435. The van der Waals surface area contributed by atoms with Gasteiger partial charge in [-0.15, -0.1) is 5.10 Å². The molecule has 0 atom stereocenters. The summed E-state index contributed by atoms with van der Waals surface area (Å²) >= 11 is 12.3.